The third kappa shape index (κ3) is 4.72. The molecule has 0 saturated heterocycles. The predicted molar refractivity (Wildman–Crippen MR) is 87.3 cm³/mol. The molecule has 1 amide bonds. The molecule has 0 bridgehead atoms. The van der Waals surface area contributed by atoms with Gasteiger partial charge < -0.3 is 10.6 Å². The number of anilines is 1. The van der Waals surface area contributed by atoms with Crippen LogP contribution in [0.15, 0.2) is 48.5 Å². The lowest BCUT2D eigenvalue weighted by Crippen LogP contribution is -2.27. The SMILES string of the molecule is CCc1ccc(NC(=O)CNCc2ccccc2C)cc1. The molecule has 2 aromatic carbocycles. The van der Waals surface area contributed by atoms with Crippen molar-refractivity contribution >= 4 is 11.6 Å². The fourth-order valence-electron chi connectivity index (χ4n) is 2.15. The summed E-state index contributed by atoms with van der Waals surface area (Å²) in [4.78, 5) is 11.9. The lowest BCUT2D eigenvalue weighted by molar-refractivity contribution is -0.115. The van der Waals surface area contributed by atoms with Gasteiger partial charge in [0.15, 0.2) is 0 Å². The summed E-state index contributed by atoms with van der Waals surface area (Å²) in [6, 6.07) is 16.1. The predicted octanol–water partition coefficient (Wildman–Crippen LogP) is 3.29. The van der Waals surface area contributed by atoms with Crippen molar-refractivity contribution in [2.24, 2.45) is 0 Å². The minimum absolute atomic E-state index is 0.0205. The molecule has 0 radical (unpaired) electrons. The molecule has 0 saturated carbocycles. The normalized spacial score (nSPS) is 10.4. The van der Waals surface area contributed by atoms with Gasteiger partial charge in [0.25, 0.3) is 0 Å². The van der Waals surface area contributed by atoms with Crippen molar-refractivity contribution in [3.05, 3.63) is 65.2 Å². The Balaban J connectivity index is 1.78. The number of aryl methyl sites for hydroxylation is 2. The molecule has 0 fully saturated rings. The molecule has 0 unspecified atom stereocenters. The van der Waals surface area contributed by atoms with Crippen molar-refractivity contribution < 1.29 is 4.79 Å². The molecule has 2 rings (SSSR count). The van der Waals surface area contributed by atoms with Crippen LogP contribution in [0.1, 0.15) is 23.6 Å². The number of nitrogens with one attached hydrogen (secondary N) is 2. The second kappa shape index (κ2) is 7.60. The van der Waals surface area contributed by atoms with Crippen molar-refractivity contribution in [2.75, 3.05) is 11.9 Å². The highest BCUT2D eigenvalue weighted by molar-refractivity contribution is 5.92. The van der Waals surface area contributed by atoms with Crippen LogP contribution in [-0.2, 0) is 17.8 Å². The Kier molecular flexibility index (Phi) is 5.52. The minimum atomic E-state index is -0.0205. The van der Waals surface area contributed by atoms with Gasteiger partial charge in [0.2, 0.25) is 5.91 Å². The van der Waals surface area contributed by atoms with Gasteiger partial charge in [0, 0.05) is 12.2 Å². The number of amides is 1. The van der Waals surface area contributed by atoms with E-state index >= 15 is 0 Å². The number of carbonyl (C=O) groups excluding carboxylic acids is 1. The summed E-state index contributed by atoms with van der Waals surface area (Å²) >= 11 is 0. The zero-order valence-corrected chi connectivity index (χ0v) is 12.6. The Bertz CT molecular complexity index is 590. The van der Waals surface area contributed by atoms with E-state index in [4.69, 9.17) is 0 Å². The fourth-order valence-corrected chi connectivity index (χ4v) is 2.15. The second-order valence-corrected chi connectivity index (χ2v) is 5.13. The number of hydrogen-bond donors (Lipinski definition) is 2. The zero-order valence-electron chi connectivity index (χ0n) is 12.6. The van der Waals surface area contributed by atoms with Crippen molar-refractivity contribution in [3.63, 3.8) is 0 Å². The lowest BCUT2D eigenvalue weighted by Gasteiger charge is -2.09. The van der Waals surface area contributed by atoms with Gasteiger partial charge in [-0.15, -0.1) is 0 Å². The van der Waals surface area contributed by atoms with E-state index in [1.165, 1.54) is 16.7 Å². The van der Waals surface area contributed by atoms with Gasteiger partial charge in [-0.25, -0.2) is 0 Å². The van der Waals surface area contributed by atoms with Gasteiger partial charge in [-0.2, -0.15) is 0 Å². The summed E-state index contributed by atoms with van der Waals surface area (Å²) in [5.41, 5.74) is 4.57. The molecule has 0 atom stereocenters. The molecular formula is C18H22N2O. The van der Waals surface area contributed by atoms with Crippen LogP contribution in [0, 0.1) is 6.92 Å². The third-order valence-corrected chi connectivity index (χ3v) is 3.51. The summed E-state index contributed by atoms with van der Waals surface area (Å²) < 4.78 is 0. The second-order valence-electron chi connectivity index (χ2n) is 5.13. The molecule has 0 spiro atoms. The van der Waals surface area contributed by atoms with Gasteiger partial charge in [-0.1, -0.05) is 43.3 Å². The van der Waals surface area contributed by atoms with Crippen molar-refractivity contribution in [1.82, 2.24) is 5.32 Å². The molecule has 0 heterocycles. The van der Waals surface area contributed by atoms with Crippen LogP contribution in [0.3, 0.4) is 0 Å². The van der Waals surface area contributed by atoms with Crippen LogP contribution in [0.2, 0.25) is 0 Å². The first-order valence-corrected chi connectivity index (χ1v) is 7.33. The molecule has 0 aliphatic rings. The number of hydrogen-bond acceptors (Lipinski definition) is 2. The van der Waals surface area contributed by atoms with Crippen LogP contribution in [0.5, 0.6) is 0 Å². The monoisotopic (exact) mass is 282 g/mol. The number of carbonyl (C=O) groups is 1. The van der Waals surface area contributed by atoms with E-state index in [-0.39, 0.29) is 5.91 Å². The first-order chi connectivity index (χ1) is 10.2. The van der Waals surface area contributed by atoms with Crippen LogP contribution in [0.25, 0.3) is 0 Å². The largest absolute Gasteiger partial charge is 0.325 e. The van der Waals surface area contributed by atoms with Crippen LogP contribution < -0.4 is 10.6 Å². The summed E-state index contributed by atoms with van der Waals surface area (Å²) in [5, 5.41) is 6.07. The van der Waals surface area contributed by atoms with Crippen molar-refractivity contribution in [2.45, 2.75) is 26.8 Å². The Morgan fingerprint density at radius 1 is 1.05 bits per heavy atom. The summed E-state index contributed by atoms with van der Waals surface area (Å²) in [7, 11) is 0. The van der Waals surface area contributed by atoms with Gasteiger partial charge in [0.1, 0.15) is 0 Å². The molecule has 110 valence electrons. The molecule has 21 heavy (non-hydrogen) atoms. The maximum absolute atomic E-state index is 11.9. The highest BCUT2D eigenvalue weighted by Gasteiger charge is 2.03. The molecule has 0 aromatic heterocycles. The maximum atomic E-state index is 11.9. The van der Waals surface area contributed by atoms with E-state index in [0.29, 0.717) is 13.1 Å². The van der Waals surface area contributed by atoms with Gasteiger partial charge in [-0.3, -0.25) is 4.79 Å². The lowest BCUT2D eigenvalue weighted by atomic mass is 10.1. The number of rotatable bonds is 6. The summed E-state index contributed by atoms with van der Waals surface area (Å²) in [5.74, 6) is -0.0205. The van der Waals surface area contributed by atoms with Crippen LogP contribution >= 0.6 is 0 Å². The van der Waals surface area contributed by atoms with Gasteiger partial charge >= 0.3 is 0 Å². The third-order valence-electron chi connectivity index (χ3n) is 3.51. The van der Waals surface area contributed by atoms with Crippen LogP contribution in [-0.4, -0.2) is 12.5 Å². The fraction of sp³-hybridized carbons (Fsp3) is 0.278. The average molecular weight is 282 g/mol. The molecule has 0 aliphatic carbocycles. The highest BCUT2D eigenvalue weighted by atomic mass is 16.1. The van der Waals surface area contributed by atoms with E-state index in [9.17, 15) is 4.79 Å². The first kappa shape index (κ1) is 15.3. The van der Waals surface area contributed by atoms with Gasteiger partial charge in [-0.05, 0) is 42.2 Å². The topological polar surface area (TPSA) is 41.1 Å². The van der Waals surface area contributed by atoms with Gasteiger partial charge in [0.05, 0.1) is 6.54 Å². The van der Waals surface area contributed by atoms with E-state index in [1.54, 1.807) is 0 Å². The maximum Gasteiger partial charge on any atom is 0.238 e. The molecule has 0 aliphatic heterocycles. The van der Waals surface area contributed by atoms with E-state index < -0.39 is 0 Å². The standard InChI is InChI=1S/C18H22N2O/c1-3-15-8-10-17(11-9-15)20-18(21)13-19-12-16-7-5-4-6-14(16)2/h4-11,19H,3,12-13H2,1-2H3,(H,20,21). The van der Waals surface area contributed by atoms with E-state index in [2.05, 4.69) is 36.6 Å². The Morgan fingerprint density at radius 2 is 1.76 bits per heavy atom. The highest BCUT2D eigenvalue weighted by Crippen LogP contribution is 2.10. The van der Waals surface area contributed by atoms with Crippen LogP contribution in [0.4, 0.5) is 5.69 Å². The van der Waals surface area contributed by atoms with E-state index in [1.807, 2.05) is 36.4 Å². The molecule has 3 nitrogen and oxygen atoms in total. The molecule has 2 aromatic rings. The van der Waals surface area contributed by atoms with Crippen molar-refractivity contribution in [1.29, 1.82) is 0 Å². The van der Waals surface area contributed by atoms with E-state index in [0.717, 1.165) is 12.1 Å². The molecule has 2 N–H and O–H groups in total. The Labute approximate surface area is 126 Å². The van der Waals surface area contributed by atoms with Crippen molar-refractivity contribution in [3.8, 4) is 0 Å². The summed E-state index contributed by atoms with van der Waals surface area (Å²) in [6.07, 6.45) is 1.01. The minimum Gasteiger partial charge on any atom is -0.325 e. The quantitative estimate of drug-likeness (QED) is 0.853. The zero-order chi connectivity index (χ0) is 15.1. The molecular weight excluding hydrogens is 260 g/mol. The Morgan fingerprint density at radius 3 is 2.43 bits per heavy atom. The molecule has 3 heteroatoms. The number of benzene rings is 2. The first-order valence-electron chi connectivity index (χ1n) is 7.33. The smallest absolute Gasteiger partial charge is 0.238 e. The Hall–Kier alpha value is -2.13. The average Bonchev–Trinajstić information content (AvgIpc) is 2.50. The summed E-state index contributed by atoms with van der Waals surface area (Å²) in [6.45, 7) is 5.20.